The third-order valence-corrected chi connectivity index (χ3v) is 4.51. The first kappa shape index (κ1) is 21.8. The van der Waals surface area contributed by atoms with Gasteiger partial charge < -0.3 is 16.5 Å². The summed E-state index contributed by atoms with van der Waals surface area (Å²) in [7, 11) is 0. The lowest BCUT2D eigenvalue weighted by Gasteiger charge is -2.15. The molecule has 0 spiro atoms. The van der Waals surface area contributed by atoms with Gasteiger partial charge in [0.25, 0.3) is 5.91 Å². The Kier molecular flexibility index (Phi) is 6.20. The van der Waals surface area contributed by atoms with Crippen LogP contribution in [0.15, 0.2) is 73.1 Å². The average molecular weight is 424 g/mol. The molecule has 0 bridgehead atoms. The maximum absolute atomic E-state index is 13.3. The van der Waals surface area contributed by atoms with Crippen molar-refractivity contribution in [2.24, 2.45) is 5.73 Å². The number of carbonyl (C=O) groups excluding carboxylic acids is 1. The number of aryl methyl sites for hydroxylation is 1. The Balaban J connectivity index is 2.00. The molecule has 0 aliphatic carbocycles. The van der Waals surface area contributed by atoms with Gasteiger partial charge in [-0.2, -0.15) is 13.2 Å². The molecule has 1 heterocycles. The van der Waals surface area contributed by atoms with E-state index in [1.54, 1.807) is 0 Å². The van der Waals surface area contributed by atoms with E-state index >= 15 is 0 Å². The Morgan fingerprint density at radius 3 is 2.48 bits per heavy atom. The van der Waals surface area contributed by atoms with Gasteiger partial charge in [0.15, 0.2) is 0 Å². The molecule has 8 heteroatoms. The molecule has 4 N–H and O–H groups in total. The molecule has 3 aromatic rings. The maximum Gasteiger partial charge on any atom is 0.417 e. The summed E-state index contributed by atoms with van der Waals surface area (Å²) in [5.74, 6) is -0.623. The molecule has 1 amide bonds. The number of hydrogen-bond donors (Lipinski definition) is 3. The van der Waals surface area contributed by atoms with E-state index in [4.69, 9.17) is 11.1 Å². The van der Waals surface area contributed by atoms with Crippen molar-refractivity contribution in [2.45, 2.75) is 13.1 Å². The smallest absolute Gasteiger partial charge is 0.405 e. The van der Waals surface area contributed by atoms with Crippen LogP contribution in [0.5, 0.6) is 0 Å². The highest BCUT2D eigenvalue weighted by Crippen LogP contribution is 2.33. The van der Waals surface area contributed by atoms with Crippen LogP contribution in [0.2, 0.25) is 0 Å². The van der Waals surface area contributed by atoms with Gasteiger partial charge in [-0.3, -0.25) is 9.78 Å². The summed E-state index contributed by atoms with van der Waals surface area (Å²) in [6.07, 6.45) is -1.18. The first-order valence-electron chi connectivity index (χ1n) is 9.22. The minimum Gasteiger partial charge on any atom is -0.405 e. The van der Waals surface area contributed by atoms with Gasteiger partial charge in [-0.1, -0.05) is 30.3 Å². The van der Waals surface area contributed by atoms with E-state index in [9.17, 15) is 18.0 Å². The van der Waals surface area contributed by atoms with E-state index in [1.165, 1.54) is 6.20 Å². The van der Waals surface area contributed by atoms with E-state index < -0.39 is 28.9 Å². The second kappa shape index (κ2) is 8.83. The van der Waals surface area contributed by atoms with Crippen LogP contribution in [0.4, 0.5) is 18.9 Å². The van der Waals surface area contributed by atoms with Crippen molar-refractivity contribution in [2.75, 3.05) is 5.32 Å². The Morgan fingerprint density at radius 1 is 1.13 bits per heavy atom. The average Bonchev–Trinajstić information content (AvgIpc) is 2.74. The topological polar surface area (TPSA) is 91.9 Å². The number of alkyl halides is 3. The van der Waals surface area contributed by atoms with Crippen LogP contribution in [0.3, 0.4) is 0 Å². The summed E-state index contributed by atoms with van der Waals surface area (Å²) in [6, 6.07) is 14.0. The summed E-state index contributed by atoms with van der Waals surface area (Å²) in [6.45, 7) is 1.82. The molecular formula is C23H19F3N4O. The fourth-order valence-electron chi connectivity index (χ4n) is 3.05. The van der Waals surface area contributed by atoms with Crippen LogP contribution in [-0.4, -0.2) is 16.6 Å². The number of aromatic nitrogens is 1. The van der Waals surface area contributed by atoms with Crippen LogP contribution < -0.4 is 11.1 Å². The molecule has 31 heavy (non-hydrogen) atoms. The van der Waals surface area contributed by atoms with E-state index in [1.807, 2.05) is 43.3 Å². The first-order valence-corrected chi connectivity index (χ1v) is 9.22. The number of rotatable bonds is 5. The second-order valence-corrected chi connectivity index (χ2v) is 6.72. The van der Waals surface area contributed by atoms with E-state index in [0.717, 1.165) is 47.3 Å². The van der Waals surface area contributed by atoms with Gasteiger partial charge in [0.1, 0.15) is 0 Å². The lowest BCUT2D eigenvalue weighted by atomic mass is 9.98. The summed E-state index contributed by atoms with van der Waals surface area (Å²) >= 11 is 0. The van der Waals surface area contributed by atoms with E-state index in [-0.39, 0.29) is 5.56 Å². The number of allylic oxidation sites excluding steroid dienone is 1. The van der Waals surface area contributed by atoms with Crippen molar-refractivity contribution < 1.29 is 18.0 Å². The Labute approximate surface area is 176 Å². The largest absolute Gasteiger partial charge is 0.417 e. The van der Waals surface area contributed by atoms with Gasteiger partial charge in [0.05, 0.1) is 23.2 Å². The molecule has 0 saturated heterocycles. The monoisotopic (exact) mass is 424 g/mol. The van der Waals surface area contributed by atoms with Gasteiger partial charge in [0, 0.05) is 22.4 Å². The van der Waals surface area contributed by atoms with Crippen LogP contribution in [0, 0.1) is 12.3 Å². The van der Waals surface area contributed by atoms with Crippen molar-refractivity contribution in [3.8, 4) is 11.1 Å². The first-order chi connectivity index (χ1) is 14.7. The minimum absolute atomic E-state index is 0.0299. The van der Waals surface area contributed by atoms with Gasteiger partial charge >= 0.3 is 6.18 Å². The zero-order valence-corrected chi connectivity index (χ0v) is 16.5. The van der Waals surface area contributed by atoms with Crippen molar-refractivity contribution in [1.82, 2.24) is 4.98 Å². The lowest BCUT2D eigenvalue weighted by Crippen LogP contribution is -2.17. The third kappa shape index (κ3) is 4.98. The summed E-state index contributed by atoms with van der Waals surface area (Å²) in [4.78, 5) is 17.1. The highest BCUT2D eigenvalue weighted by atomic mass is 19.4. The van der Waals surface area contributed by atoms with Crippen molar-refractivity contribution >= 4 is 17.3 Å². The van der Waals surface area contributed by atoms with Crippen LogP contribution in [0.25, 0.3) is 11.1 Å². The fraction of sp³-hybridized carbons (Fsp3) is 0.0870. The molecule has 158 valence electrons. The number of anilines is 1. The maximum atomic E-state index is 13.3. The predicted octanol–water partition coefficient (Wildman–Crippen LogP) is 5.17. The molecule has 0 aliphatic rings. The van der Waals surface area contributed by atoms with E-state index in [2.05, 4.69) is 10.3 Å². The number of nitrogens with one attached hydrogen (secondary N) is 2. The summed E-state index contributed by atoms with van der Waals surface area (Å²) < 4.78 is 40.0. The summed E-state index contributed by atoms with van der Waals surface area (Å²) in [5.41, 5.74) is 6.03. The van der Waals surface area contributed by atoms with E-state index in [0.29, 0.717) is 5.69 Å². The normalized spacial score (nSPS) is 11.5. The fourth-order valence-corrected chi connectivity index (χ4v) is 3.05. The molecule has 0 fully saturated rings. The third-order valence-electron chi connectivity index (χ3n) is 4.51. The van der Waals surface area contributed by atoms with Crippen molar-refractivity contribution in [3.05, 3.63) is 95.5 Å². The summed E-state index contributed by atoms with van der Waals surface area (Å²) in [5, 5.41) is 10.6. The molecule has 0 radical (unpaired) electrons. The molecule has 0 aliphatic heterocycles. The van der Waals surface area contributed by atoms with Crippen molar-refractivity contribution in [1.29, 1.82) is 5.41 Å². The number of nitrogens with two attached hydrogens (primary N) is 1. The molecule has 2 aromatic carbocycles. The van der Waals surface area contributed by atoms with Crippen molar-refractivity contribution in [3.63, 3.8) is 0 Å². The molecule has 0 saturated carbocycles. The van der Waals surface area contributed by atoms with Crippen LogP contribution in [-0.2, 0) is 6.18 Å². The minimum atomic E-state index is -4.68. The number of benzene rings is 2. The number of carbonyl (C=O) groups is 1. The predicted molar refractivity (Wildman–Crippen MR) is 114 cm³/mol. The highest BCUT2D eigenvalue weighted by Gasteiger charge is 2.34. The molecule has 1 aromatic heterocycles. The Bertz CT molecular complexity index is 1160. The number of hydrogen-bond acceptors (Lipinski definition) is 4. The van der Waals surface area contributed by atoms with Crippen LogP contribution >= 0.6 is 0 Å². The molecule has 3 rings (SSSR count). The zero-order valence-electron chi connectivity index (χ0n) is 16.5. The standard InChI is InChI=1S/C23H19F3N4O/c1-14-11-17(15-5-3-2-4-6-15)21(13-29-14)30-22(31)16-7-8-19(23(24,25)26)18(12-16)20(28)9-10-27/h2-13,28H,27H2,1H3,(H,30,31)/b10-9-,28-20?. The number of halogens is 3. The number of amides is 1. The number of pyridine rings is 1. The molecule has 5 nitrogen and oxygen atoms in total. The SMILES string of the molecule is Cc1cc(-c2ccccc2)c(NC(=O)c2ccc(C(F)(F)F)c(C(=N)/C=C\N)c2)cn1. The Morgan fingerprint density at radius 2 is 1.84 bits per heavy atom. The van der Waals surface area contributed by atoms with Gasteiger partial charge in [0.2, 0.25) is 0 Å². The van der Waals surface area contributed by atoms with Crippen LogP contribution in [0.1, 0.15) is 27.2 Å². The zero-order chi connectivity index (χ0) is 22.6. The second-order valence-electron chi connectivity index (χ2n) is 6.72. The van der Waals surface area contributed by atoms with Gasteiger partial charge in [-0.25, -0.2) is 0 Å². The van der Waals surface area contributed by atoms with Gasteiger partial charge in [-0.05, 0) is 49.0 Å². The lowest BCUT2D eigenvalue weighted by molar-refractivity contribution is -0.137. The van der Waals surface area contributed by atoms with Gasteiger partial charge in [-0.15, -0.1) is 0 Å². The molecule has 0 unspecified atom stereocenters. The Hall–Kier alpha value is -3.94. The quantitative estimate of drug-likeness (QED) is 0.494. The molecule has 0 atom stereocenters. The highest BCUT2D eigenvalue weighted by molar-refractivity contribution is 6.11. The molecular weight excluding hydrogens is 405 g/mol. The number of nitrogens with zero attached hydrogens (tertiary/aromatic N) is 1.